The number of halogens is 1. The van der Waals surface area contributed by atoms with Gasteiger partial charge in [0.1, 0.15) is 0 Å². The van der Waals surface area contributed by atoms with Crippen LogP contribution in [0.4, 0.5) is 0 Å². The lowest BCUT2D eigenvalue weighted by atomic mass is 10.1. The van der Waals surface area contributed by atoms with Crippen LogP contribution in [0.5, 0.6) is 0 Å². The fourth-order valence-corrected chi connectivity index (χ4v) is 2.64. The zero-order valence-corrected chi connectivity index (χ0v) is 12.2. The molecule has 19 heavy (non-hydrogen) atoms. The summed E-state index contributed by atoms with van der Waals surface area (Å²) < 4.78 is 7.62. The maximum absolute atomic E-state index is 6.26. The van der Waals surface area contributed by atoms with Gasteiger partial charge in [0.2, 0.25) is 0 Å². The molecule has 2 atom stereocenters. The van der Waals surface area contributed by atoms with E-state index in [0.29, 0.717) is 5.02 Å². The van der Waals surface area contributed by atoms with Crippen molar-refractivity contribution in [2.75, 3.05) is 27.2 Å². The Hall–Kier alpha value is -0.660. The Labute approximate surface area is 118 Å². The van der Waals surface area contributed by atoms with Crippen molar-refractivity contribution in [1.82, 2.24) is 20.1 Å². The van der Waals surface area contributed by atoms with E-state index in [1.165, 1.54) is 0 Å². The van der Waals surface area contributed by atoms with Gasteiger partial charge in [0.15, 0.2) is 0 Å². The van der Waals surface area contributed by atoms with Crippen molar-refractivity contribution < 1.29 is 4.74 Å². The maximum Gasteiger partial charge on any atom is 0.0905 e. The van der Waals surface area contributed by atoms with Crippen LogP contribution in [0.3, 0.4) is 0 Å². The van der Waals surface area contributed by atoms with Gasteiger partial charge < -0.3 is 9.64 Å². The summed E-state index contributed by atoms with van der Waals surface area (Å²) in [4.78, 5) is 2.11. The van der Waals surface area contributed by atoms with Crippen LogP contribution in [0, 0.1) is 0 Å². The van der Waals surface area contributed by atoms with E-state index in [1.54, 1.807) is 6.20 Å². The van der Waals surface area contributed by atoms with Gasteiger partial charge in [-0.25, -0.2) is 5.43 Å². The largest absolute Gasteiger partial charge is 0.376 e. The van der Waals surface area contributed by atoms with Crippen LogP contribution in [-0.2, 0) is 11.3 Å². The van der Waals surface area contributed by atoms with Gasteiger partial charge >= 0.3 is 0 Å². The van der Waals surface area contributed by atoms with Crippen molar-refractivity contribution in [3.8, 4) is 0 Å². The first-order valence-corrected chi connectivity index (χ1v) is 6.95. The third-order valence-electron chi connectivity index (χ3n) is 3.40. The van der Waals surface area contributed by atoms with E-state index in [4.69, 9.17) is 22.2 Å². The highest BCUT2D eigenvalue weighted by atomic mass is 35.5. The quantitative estimate of drug-likeness (QED) is 0.598. The molecule has 0 amide bonds. The van der Waals surface area contributed by atoms with Crippen molar-refractivity contribution >= 4 is 11.6 Å². The molecule has 0 spiro atoms. The lowest BCUT2D eigenvalue weighted by molar-refractivity contribution is 0.0753. The van der Waals surface area contributed by atoms with Gasteiger partial charge in [0.25, 0.3) is 0 Å². The van der Waals surface area contributed by atoms with Gasteiger partial charge in [0, 0.05) is 13.2 Å². The summed E-state index contributed by atoms with van der Waals surface area (Å²) in [6, 6.07) is -0.111. The lowest BCUT2D eigenvalue weighted by Gasteiger charge is -2.24. The van der Waals surface area contributed by atoms with E-state index in [-0.39, 0.29) is 12.1 Å². The lowest BCUT2D eigenvalue weighted by Crippen LogP contribution is -2.38. The molecule has 0 aromatic carbocycles. The Balaban J connectivity index is 2.18. The molecular weight excluding hydrogens is 266 g/mol. The molecule has 108 valence electrons. The number of hydrogen-bond donors (Lipinski definition) is 2. The summed E-state index contributed by atoms with van der Waals surface area (Å²) in [5.41, 5.74) is 3.75. The summed E-state index contributed by atoms with van der Waals surface area (Å²) in [5, 5.41) is 4.97. The summed E-state index contributed by atoms with van der Waals surface area (Å²) in [6.07, 6.45) is 3.79. The van der Waals surface area contributed by atoms with Gasteiger partial charge in [-0.1, -0.05) is 11.6 Å². The third-order valence-corrected chi connectivity index (χ3v) is 3.69. The molecule has 0 radical (unpaired) electrons. The summed E-state index contributed by atoms with van der Waals surface area (Å²) in [6.45, 7) is 2.46. The zero-order chi connectivity index (χ0) is 13.8. The fraction of sp³-hybridized carbons (Fsp3) is 0.750. The predicted octanol–water partition coefficient (Wildman–Crippen LogP) is 0.781. The highest BCUT2D eigenvalue weighted by Gasteiger charge is 2.30. The fourth-order valence-electron chi connectivity index (χ4n) is 2.38. The predicted molar refractivity (Wildman–Crippen MR) is 74.8 cm³/mol. The maximum atomic E-state index is 6.26. The molecule has 1 saturated heterocycles. The highest BCUT2D eigenvalue weighted by molar-refractivity contribution is 6.31. The van der Waals surface area contributed by atoms with Crippen LogP contribution in [0.25, 0.3) is 0 Å². The Morgan fingerprint density at radius 1 is 1.68 bits per heavy atom. The van der Waals surface area contributed by atoms with Crippen LogP contribution >= 0.6 is 11.6 Å². The Morgan fingerprint density at radius 2 is 2.47 bits per heavy atom. The smallest absolute Gasteiger partial charge is 0.0905 e. The van der Waals surface area contributed by atoms with Gasteiger partial charge in [0.05, 0.1) is 35.6 Å². The monoisotopic (exact) mass is 287 g/mol. The highest BCUT2D eigenvalue weighted by Crippen LogP contribution is 2.30. The standard InChI is InChI=1S/C12H22ClN5O/c1-17(2)5-6-18-12(9(13)8-15-18)11(16-14)10-4-3-7-19-10/h8,10-11,16H,3-7,14H2,1-2H3. The normalized spacial score (nSPS) is 21.2. The summed E-state index contributed by atoms with van der Waals surface area (Å²) in [7, 11) is 4.06. The molecule has 1 aromatic rings. The minimum Gasteiger partial charge on any atom is -0.376 e. The average molecular weight is 288 g/mol. The first-order chi connectivity index (χ1) is 9.13. The Morgan fingerprint density at radius 3 is 3.05 bits per heavy atom. The number of rotatable bonds is 6. The molecule has 1 fully saturated rings. The molecule has 1 aliphatic rings. The molecule has 7 heteroatoms. The van der Waals surface area contributed by atoms with Crippen LogP contribution in [0.2, 0.25) is 5.02 Å². The summed E-state index contributed by atoms with van der Waals surface area (Å²) in [5.74, 6) is 5.70. The second-order valence-electron chi connectivity index (χ2n) is 5.10. The Bertz CT molecular complexity index is 403. The average Bonchev–Trinajstić information content (AvgIpc) is 3.00. The Kier molecular flexibility index (Phi) is 5.18. The minimum atomic E-state index is -0.111. The van der Waals surface area contributed by atoms with E-state index in [9.17, 15) is 0 Å². The topological polar surface area (TPSA) is 68.3 Å². The number of likely N-dealkylation sites (N-methyl/N-ethyl adjacent to an activating group) is 1. The van der Waals surface area contributed by atoms with E-state index in [0.717, 1.165) is 38.2 Å². The van der Waals surface area contributed by atoms with Crippen molar-refractivity contribution in [2.45, 2.75) is 31.5 Å². The first kappa shape index (κ1) is 14.7. The number of aromatic nitrogens is 2. The molecule has 0 aliphatic carbocycles. The molecule has 1 aliphatic heterocycles. The van der Waals surface area contributed by atoms with E-state index < -0.39 is 0 Å². The molecule has 2 unspecified atom stereocenters. The van der Waals surface area contributed by atoms with Crippen molar-refractivity contribution in [2.24, 2.45) is 5.84 Å². The second-order valence-corrected chi connectivity index (χ2v) is 5.51. The molecular formula is C12H22ClN5O. The third kappa shape index (κ3) is 3.46. The number of nitrogens with one attached hydrogen (secondary N) is 1. The SMILES string of the molecule is CN(C)CCn1ncc(Cl)c1C(NN)C1CCCO1. The van der Waals surface area contributed by atoms with E-state index in [2.05, 4.69) is 15.4 Å². The van der Waals surface area contributed by atoms with Crippen molar-refractivity contribution in [3.63, 3.8) is 0 Å². The molecule has 0 saturated carbocycles. The number of ether oxygens (including phenoxy) is 1. The van der Waals surface area contributed by atoms with Crippen LogP contribution in [-0.4, -0.2) is 48.0 Å². The van der Waals surface area contributed by atoms with E-state index in [1.807, 2.05) is 18.8 Å². The number of hydrogen-bond acceptors (Lipinski definition) is 5. The molecule has 2 heterocycles. The molecule has 0 bridgehead atoms. The van der Waals surface area contributed by atoms with Gasteiger partial charge in [-0.05, 0) is 26.9 Å². The molecule has 2 rings (SSSR count). The van der Waals surface area contributed by atoms with Gasteiger partial charge in [-0.3, -0.25) is 10.5 Å². The van der Waals surface area contributed by atoms with Crippen LogP contribution in [0.1, 0.15) is 24.6 Å². The van der Waals surface area contributed by atoms with Gasteiger partial charge in [-0.2, -0.15) is 5.10 Å². The van der Waals surface area contributed by atoms with Crippen LogP contribution in [0.15, 0.2) is 6.20 Å². The van der Waals surface area contributed by atoms with Gasteiger partial charge in [-0.15, -0.1) is 0 Å². The summed E-state index contributed by atoms with van der Waals surface area (Å²) >= 11 is 6.26. The first-order valence-electron chi connectivity index (χ1n) is 6.57. The van der Waals surface area contributed by atoms with Crippen LogP contribution < -0.4 is 11.3 Å². The van der Waals surface area contributed by atoms with Crippen molar-refractivity contribution in [1.29, 1.82) is 0 Å². The number of nitrogens with zero attached hydrogens (tertiary/aromatic N) is 3. The van der Waals surface area contributed by atoms with Crippen molar-refractivity contribution in [3.05, 3.63) is 16.9 Å². The molecule has 3 N–H and O–H groups in total. The molecule has 6 nitrogen and oxygen atoms in total. The molecule has 1 aromatic heterocycles. The zero-order valence-electron chi connectivity index (χ0n) is 11.5. The number of nitrogens with two attached hydrogens (primary N) is 1. The minimum absolute atomic E-state index is 0.0670. The number of hydrazine groups is 1. The second kappa shape index (κ2) is 6.67. The van der Waals surface area contributed by atoms with E-state index >= 15 is 0 Å².